The monoisotopic (exact) mass is 604 g/mol. The molecule has 2 aliphatic heterocycles. The number of rotatable bonds is 5. The van der Waals surface area contributed by atoms with E-state index in [1.807, 2.05) is 46.2 Å². The molecule has 0 fully saturated rings. The largest absolute Gasteiger partial charge is 0.474 e. The zero-order valence-electron chi connectivity index (χ0n) is 26.2. The molecule has 226 valence electrons. The molecule has 0 atom stereocenters. The maximum atomic E-state index is 5.95. The highest BCUT2D eigenvalue weighted by Crippen LogP contribution is 2.44. The third-order valence-corrected chi connectivity index (χ3v) is 8.28. The summed E-state index contributed by atoms with van der Waals surface area (Å²) in [6, 6.07) is 25.3. The van der Waals surface area contributed by atoms with Crippen molar-refractivity contribution in [2.24, 2.45) is 9.98 Å². The molecule has 0 spiro atoms. The molecule has 0 bridgehead atoms. The van der Waals surface area contributed by atoms with Crippen molar-refractivity contribution < 1.29 is 9.47 Å². The van der Waals surface area contributed by atoms with E-state index in [1.54, 1.807) is 12.4 Å². The maximum absolute atomic E-state index is 5.95. The molecule has 4 aromatic carbocycles. The second kappa shape index (κ2) is 10.5. The van der Waals surface area contributed by atoms with Gasteiger partial charge in [-0.25, -0.2) is 20.0 Å². The van der Waals surface area contributed by atoms with Crippen LogP contribution in [0, 0.1) is 0 Å². The van der Waals surface area contributed by atoms with Crippen molar-refractivity contribution in [2.45, 2.75) is 38.8 Å². The summed E-state index contributed by atoms with van der Waals surface area (Å²) in [6.45, 7) is 9.20. The van der Waals surface area contributed by atoms with Gasteiger partial charge in [0.25, 0.3) is 0 Å². The van der Waals surface area contributed by atoms with Crippen molar-refractivity contribution in [1.82, 2.24) is 19.9 Å². The normalized spacial score (nSPS) is 16.6. The van der Waals surface area contributed by atoms with Gasteiger partial charge in [-0.3, -0.25) is 9.97 Å². The number of fused-ring (bicyclic) bond motifs is 2. The Labute approximate surface area is 267 Å². The summed E-state index contributed by atoms with van der Waals surface area (Å²) < 4.78 is 11.9. The fraction of sp³-hybridized carbons (Fsp3) is 0.211. The third-order valence-electron chi connectivity index (χ3n) is 8.28. The van der Waals surface area contributed by atoms with Crippen LogP contribution in [-0.4, -0.2) is 56.0 Å². The van der Waals surface area contributed by atoms with E-state index >= 15 is 0 Å². The first-order valence-corrected chi connectivity index (χ1v) is 15.4. The summed E-state index contributed by atoms with van der Waals surface area (Å²) in [6.07, 6.45) is 7.06. The summed E-state index contributed by atoms with van der Waals surface area (Å²) in [7, 11) is 0. The number of ether oxygens (including phenoxy) is 2. The Morgan fingerprint density at radius 2 is 0.978 bits per heavy atom. The van der Waals surface area contributed by atoms with Gasteiger partial charge in [-0.1, -0.05) is 66.7 Å². The van der Waals surface area contributed by atoms with Gasteiger partial charge in [0.15, 0.2) is 0 Å². The predicted molar refractivity (Wildman–Crippen MR) is 182 cm³/mol. The maximum Gasteiger partial charge on any atom is 0.237 e. The van der Waals surface area contributed by atoms with Crippen molar-refractivity contribution in [2.75, 3.05) is 13.2 Å². The van der Waals surface area contributed by atoms with E-state index in [4.69, 9.17) is 29.4 Å². The lowest BCUT2D eigenvalue weighted by atomic mass is 9.87. The molecule has 6 aromatic rings. The Morgan fingerprint density at radius 1 is 0.500 bits per heavy atom. The lowest BCUT2D eigenvalue weighted by molar-refractivity contribution is 0.279. The number of benzene rings is 4. The quantitative estimate of drug-likeness (QED) is 0.187. The van der Waals surface area contributed by atoms with Gasteiger partial charge in [-0.2, -0.15) is 0 Å². The molecule has 46 heavy (non-hydrogen) atoms. The first-order chi connectivity index (χ1) is 22.2. The molecule has 0 amide bonds. The smallest absolute Gasteiger partial charge is 0.237 e. The third kappa shape index (κ3) is 4.96. The van der Waals surface area contributed by atoms with Crippen LogP contribution in [0.3, 0.4) is 0 Å². The highest BCUT2D eigenvalue weighted by molar-refractivity contribution is 6.21. The lowest BCUT2D eigenvalue weighted by Gasteiger charge is -2.18. The summed E-state index contributed by atoms with van der Waals surface area (Å²) in [5.74, 6) is 1.03. The van der Waals surface area contributed by atoms with Gasteiger partial charge >= 0.3 is 0 Å². The predicted octanol–water partition coefficient (Wildman–Crippen LogP) is 7.68. The molecular weight excluding hydrogens is 572 g/mol. The summed E-state index contributed by atoms with van der Waals surface area (Å²) in [5.41, 5.74) is 6.28. The van der Waals surface area contributed by atoms with Crippen molar-refractivity contribution in [3.63, 3.8) is 0 Å². The zero-order valence-corrected chi connectivity index (χ0v) is 26.2. The molecule has 0 unspecified atom stereocenters. The second-order valence-electron chi connectivity index (χ2n) is 13.0. The summed E-state index contributed by atoms with van der Waals surface area (Å²) in [5, 5.41) is 4.11. The number of hydrogen-bond acceptors (Lipinski definition) is 8. The van der Waals surface area contributed by atoms with Gasteiger partial charge in [0.1, 0.15) is 24.6 Å². The van der Waals surface area contributed by atoms with Crippen LogP contribution in [0.5, 0.6) is 0 Å². The van der Waals surface area contributed by atoms with Crippen LogP contribution in [0.4, 0.5) is 0 Å². The molecule has 0 aliphatic carbocycles. The van der Waals surface area contributed by atoms with E-state index in [9.17, 15) is 0 Å². The molecule has 4 heterocycles. The standard InChI is InChI=1S/C38H32N6O2/c1-37(2)21-45-35(43-37)31-19-39-17-29(41-31)33-25-12-8-9-13-26(25)34(28-16-24(14-15-27(28)33)23-10-6-5-7-11-23)30-18-40-20-32(42-30)36-44-38(3,4)22-46-36/h5-20H,21-22H2,1-4H3. The molecule has 0 radical (unpaired) electrons. The minimum atomic E-state index is -0.306. The fourth-order valence-electron chi connectivity index (χ4n) is 6.15. The first-order valence-electron chi connectivity index (χ1n) is 15.4. The number of aromatic nitrogens is 4. The molecule has 0 N–H and O–H groups in total. The van der Waals surface area contributed by atoms with Crippen LogP contribution in [0.25, 0.3) is 55.2 Å². The van der Waals surface area contributed by atoms with E-state index in [0.717, 1.165) is 55.2 Å². The zero-order chi connectivity index (χ0) is 31.5. The molecule has 8 nitrogen and oxygen atoms in total. The highest BCUT2D eigenvalue weighted by atomic mass is 16.5. The summed E-state index contributed by atoms with van der Waals surface area (Å²) >= 11 is 0. The summed E-state index contributed by atoms with van der Waals surface area (Å²) in [4.78, 5) is 28.9. The van der Waals surface area contributed by atoms with Crippen LogP contribution < -0.4 is 0 Å². The minimum Gasteiger partial charge on any atom is -0.474 e. The number of nitrogens with zero attached hydrogens (tertiary/aromatic N) is 6. The van der Waals surface area contributed by atoms with Crippen molar-refractivity contribution in [1.29, 1.82) is 0 Å². The Balaban J connectivity index is 1.41. The van der Waals surface area contributed by atoms with E-state index < -0.39 is 0 Å². The number of aliphatic imine (C=N–C) groups is 2. The SMILES string of the molecule is CC1(C)COC(c2cncc(-c3c4ccccc4c(-c4cncc(C5=NC(C)(C)CO5)n4)c4cc(-c5ccccc5)ccc34)n2)=N1. The molecule has 2 aliphatic rings. The van der Waals surface area contributed by atoms with Gasteiger partial charge in [0.05, 0.1) is 47.3 Å². The average molecular weight is 605 g/mol. The Hall–Kier alpha value is -5.50. The van der Waals surface area contributed by atoms with Crippen LogP contribution in [0.15, 0.2) is 108 Å². The molecular formula is C38H32N6O2. The second-order valence-corrected chi connectivity index (χ2v) is 13.0. The minimum absolute atomic E-state index is 0.303. The van der Waals surface area contributed by atoms with Crippen molar-refractivity contribution in [3.05, 3.63) is 109 Å². The van der Waals surface area contributed by atoms with E-state index in [0.29, 0.717) is 36.4 Å². The first kappa shape index (κ1) is 28.0. The van der Waals surface area contributed by atoms with Gasteiger partial charge in [0, 0.05) is 11.1 Å². The van der Waals surface area contributed by atoms with Gasteiger partial charge < -0.3 is 9.47 Å². The topological polar surface area (TPSA) is 94.7 Å². The van der Waals surface area contributed by atoms with Crippen LogP contribution in [0.1, 0.15) is 39.1 Å². The van der Waals surface area contributed by atoms with Crippen molar-refractivity contribution in [3.8, 4) is 33.6 Å². The fourth-order valence-corrected chi connectivity index (χ4v) is 6.15. The molecule has 0 saturated carbocycles. The molecule has 8 heteroatoms. The van der Waals surface area contributed by atoms with E-state index in [2.05, 4.69) is 76.7 Å². The molecule has 2 aromatic heterocycles. The van der Waals surface area contributed by atoms with Crippen LogP contribution in [0.2, 0.25) is 0 Å². The van der Waals surface area contributed by atoms with Gasteiger partial charge in [0.2, 0.25) is 11.8 Å². The molecule has 0 saturated heterocycles. The molecule has 8 rings (SSSR count). The van der Waals surface area contributed by atoms with E-state index in [1.165, 1.54) is 0 Å². The van der Waals surface area contributed by atoms with E-state index in [-0.39, 0.29) is 11.1 Å². The Morgan fingerprint density at radius 3 is 1.50 bits per heavy atom. The lowest BCUT2D eigenvalue weighted by Crippen LogP contribution is -2.17. The highest BCUT2D eigenvalue weighted by Gasteiger charge is 2.30. The Kier molecular flexibility index (Phi) is 6.42. The Bertz CT molecular complexity index is 2220. The van der Waals surface area contributed by atoms with Gasteiger partial charge in [-0.05, 0) is 66.4 Å². The number of hydrogen-bond donors (Lipinski definition) is 0. The van der Waals surface area contributed by atoms with Crippen molar-refractivity contribution >= 4 is 33.3 Å². The average Bonchev–Trinajstić information content (AvgIpc) is 3.64. The van der Waals surface area contributed by atoms with Gasteiger partial charge in [-0.15, -0.1) is 0 Å². The van der Waals surface area contributed by atoms with Crippen LogP contribution >= 0.6 is 0 Å². The van der Waals surface area contributed by atoms with Crippen LogP contribution in [-0.2, 0) is 9.47 Å².